The summed E-state index contributed by atoms with van der Waals surface area (Å²) in [4.78, 5) is 15.5. The quantitative estimate of drug-likeness (QED) is 0.640. The highest BCUT2D eigenvalue weighted by Gasteiger charge is 2.28. The first kappa shape index (κ1) is 15.8. The fraction of sp³-hybridized carbons (Fsp3) is 0.200. The summed E-state index contributed by atoms with van der Waals surface area (Å²) in [7, 11) is 0. The molecule has 1 aromatic carbocycles. The summed E-state index contributed by atoms with van der Waals surface area (Å²) in [6.07, 6.45) is -3.34. The van der Waals surface area contributed by atoms with Crippen LogP contribution in [0.2, 0.25) is 0 Å². The van der Waals surface area contributed by atoms with E-state index in [0.29, 0.717) is 5.75 Å². The van der Waals surface area contributed by atoms with Crippen LogP contribution in [0.1, 0.15) is 15.9 Å². The van der Waals surface area contributed by atoms with E-state index in [1.165, 1.54) is 12.1 Å². The van der Waals surface area contributed by atoms with Gasteiger partial charge in [0.2, 0.25) is 5.88 Å². The molecule has 0 N–H and O–H groups in total. The number of alkyl halides is 3. The SMILES string of the molecule is Cc1ccc(OC(=O)c2ccc(OCC(F)(F)F)nc2)cc1. The van der Waals surface area contributed by atoms with Crippen LogP contribution in [-0.4, -0.2) is 23.7 Å². The maximum Gasteiger partial charge on any atom is 0.422 e. The molecule has 116 valence electrons. The number of hydrogen-bond acceptors (Lipinski definition) is 4. The molecule has 2 aromatic rings. The van der Waals surface area contributed by atoms with Gasteiger partial charge >= 0.3 is 12.1 Å². The molecule has 7 heteroatoms. The second kappa shape index (κ2) is 6.46. The zero-order valence-electron chi connectivity index (χ0n) is 11.6. The number of nitrogens with zero attached hydrogens (tertiary/aromatic N) is 1. The zero-order chi connectivity index (χ0) is 16.2. The van der Waals surface area contributed by atoms with E-state index >= 15 is 0 Å². The fourth-order valence-electron chi connectivity index (χ4n) is 1.51. The minimum absolute atomic E-state index is 0.111. The number of hydrogen-bond donors (Lipinski definition) is 0. The minimum Gasteiger partial charge on any atom is -0.468 e. The third-order valence-electron chi connectivity index (χ3n) is 2.59. The lowest BCUT2D eigenvalue weighted by Gasteiger charge is -2.08. The molecule has 0 unspecified atom stereocenters. The lowest BCUT2D eigenvalue weighted by molar-refractivity contribution is -0.154. The second-order valence-corrected chi connectivity index (χ2v) is 4.49. The first-order chi connectivity index (χ1) is 10.3. The number of rotatable bonds is 4. The zero-order valence-corrected chi connectivity index (χ0v) is 11.6. The second-order valence-electron chi connectivity index (χ2n) is 4.49. The van der Waals surface area contributed by atoms with Gasteiger partial charge in [-0.05, 0) is 25.1 Å². The molecule has 0 aliphatic rings. The van der Waals surface area contributed by atoms with Gasteiger partial charge in [0, 0.05) is 12.3 Å². The number of aryl methyl sites for hydroxylation is 1. The van der Waals surface area contributed by atoms with E-state index in [0.717, 1.165) is 11.8 Å². The van der Waals surface area contributed by atoms with Crippen molar-refractivity contribution >= 4 is 5.97 Å². The molecule has 0 saturated carbocycles. The van der Waals surface area contributed by atoms with Gasteiger partial charge in [-0.3, -0.25) is 0 Å². The van der Waals surface area contributed by atoms with Gasteiger partial charge in [-0.15, -0.1) is 0 Å². The predicted molar refractivity (Wildman–Crippen MR) is 71.9 cm³/mol. The van der Waals surface area contributed by atoms with Crippen molar-refractivity contribution in [1.29, 1.82) is 0 Å². The predicted octanol–water partition coefficient (Wildman–Crippen LogP) is 3.55. The molecule has 0 fully saturated rings. The molecule has 0 bridgehead atoms. The molecule has 0 aliphatic carbocycles. The molecule has 2 rings (SSSR count). The summed E-state index contributed by atoms with van der Waals surface area (Å²) in [6.45, 7) is 0.461. The van der Waals surface area contributed by atoms with Gasteiger partial charge in [0.05, 0.1) is 5.56 Å². The first-order valence-corrected chi connectivity index (χ1v) is 6.28. The van der Waals surface area contributed by atoms with Gasteiger partial charge in [-0.25, -0.2) is 9.78 Å². The highest BCUT2D eigenvalue weighted by molar-refractivity contribution is 5.90. The number of ether oxygens (including phenoxy) is 2. The molecule has 0 saturated heterocycles. The van der Waals surface area contributed by atoms with Crippen LogP contribution in [0.25, 0.3) is 0 Å². The monoisotopic (exact) mass is 311 g/mol. The van der Waals surface area contributed by atoms with Crippen molar-refractivity contribution in [2.45, 2.75) is 13.1 Å². The van der Waals surface area contributed by atoms with Gasteiger partial charge in [0.25, 0.3) is 0 Å². The average Bonchev–Trinajstić information content (AvgIpc) is 2.47. The lowest BCUT2D eigenvalue weighted by atomic mass is 10.2. The molecule has 1 aromatic heterocycles. The Balaban J connectivity index is 1.97. The number of benzene rings is 1. The van der Waals surface area contributed by atoms with E-state index in [4.69, 9.17) is 4.74 Å². The molecular weight excluding hydrogens is 299 g/mol. The largest absolute Gasteiger partial charge is 0.468 e. The van der Waals surface area contributed by atoms with E-state index in [1.54, 1.807) is 24.3 Å². The van der Waals surface area contributed by atoms with Crippen molar-refractivity contribution in [2.24, 2.45) is 0 Å². The molecule has 0 radical (unpaired) electrons. The highest BCUT2D eigenvalue weighted by Crippen LogP contribution is 2.18. The first-order valence-electron chi connectivity index (χ1n) is 6.28. The van der Waals surface area contributed by atoms with Gasteiger partial charge in [-0.1, -0.05) is 17.7 Å². The van der Waals surface area contributed by atoms with Crippen LogP contribution < -0.4 is 9.47 Å². The summed E-state index contributed by atoms with van der Waals surface area (Å²) >= 11 is 0. The number of pyridine rings is 1. The molecular formula is C15H12F3NO3. The van der Waals surface area contributed by atoms with Crippen molar-refractivity contribution in [1.82, 2.24) is 4.98 Å². The van der Waals surface area contributed by atoms with Crippen molar-refractivity contribution < 1.29 is 27.4 Å². The molecule has 0 amide bonds. The summed E-state index contributed by atoms with van der Waals surface area (Å²) in [5, 5.41) is 0. The Morgan fingerprint density at radius 3 is 2.36 bits per heavy atom. The number of halogens is 3. The Hall–Kier alpha value is -2.57. The summed E-state index contributed by atoms with van der Waals surface area (Å²) in [6, 6.07) is 9.32. The summed E-state index contributed by atoms with van der Waals surface area (Å²) < 4.78 is 45.5. The van der Waals surface area contributed by atoms with E-state index < -0.39 is 18.8 Å². The van der Waals surface area contributed by atoms with Crippen molar-refractivity contribution in [2.75, 3.05) is 6.61 Å². The van der Waals surface area contributed by atoms with E-state index in [-0.39, 0.29) is 11.4 Å². The van der Waals surface area contributed by atoms with Crippen LogP contribution in [0.15, 0.2) is 42.6 Å². The van der Waals surface area contributed by atoms with Crippen molar-refractivity contribution in [3.8, 4) is 11.6 Å². The Labute approximate surface area is 124 Å². The lowest BCUT2D eigenvalue weighted by Crippen LogP contribution is -2.19. The fourth-order valence-corrected chi connectivity index (χ4v) is 1.51. The maximum absolute atomic E-state index is 12.0. The Morgan fingerprint density at radius 1 is 1.14 bits per heavy atom. The molecule has 22 heavy (non-hydrogen) atoms. The molecule has 4 nitrogen and oxygen atoms in total. The topological polar surface area (TPSA) is 48.4 Å². The Kier molecular flexibility index (Phi) is 4.65. The molecule has 0 spiro atoms. The van der Waals surface area contributed by atoms with E-state index in [2.05, 4.69) is 9.72 Å². The summed E-state index contributed by atoms with van der Waals surface area (Å²) in [5.41, 5.74) is 1.13. The number of carbonyl (C=O) groups excluding carboxylic acids is 1. The third-order valence-corrected chi connectivity index (χ3v) is 2.59. The van der Waals surface area contributed by atoms with Crippen LogP contribution in [0.3, 0.4) is 0 Å². The summed E-state index contributed by atoms with van der Waals surface area (Å²) in [5.74, 6) is -0.504. The van der Waals surface area contributed by atoms with Gasteiger partial charge < -0.3 is 9.47 Å². The number of aromatic nitrogens is 1. The van der Waals surface area contributed by atoms with Gasteiger partial charge in [0.15, 0.2) is 6.61 Å². The van der Waals surface area contributed by atoms with Crippen molar-refractivity contribution in [3.63, 3.8) is 0 Å². The van der Waals surface area contributed by atoms with Gasteiger partial charge in [0.1, 0.15) is 5.75 Å². The number of esters is 1. The average molecular weight is 311 g/mol. The van der Waals surface area contributed by atoms with Crippen LogP contribution in [-0.2, 0) is 0 Å². The minimum atomic E-state index is -4.44. The third kappa shape index (κ3) is 4.76. The normalized spacial score (nSPS) is 11.1. The molecule has 1 heterocycles. The molecule has 0 aliphatic heterocycles. The van der Waals surface area contributed by atoms with E-state index in [1.807, 2.05) is 6.92 Å². The Morgan fingerprint density at radius 2 is 1.82 bits per heavy atom. The number of carbonyl (C=O) groups is 1. The van der Waals surface area contributed by atoms with Crippen molar-refractivity contribution in [3.05, 3.63) is 53.7 Å². The standard InChI is InChI=1S/C15H12F3NO3/c1-10-2-5-12(6-3-10)22-14(20)11-4-7-13(19-8-11)21-9-15(16,17)18/h2-8H,9H2,1H3. The van der Waals surface area contributed by atoms with E-state index in [9.17, 15) is 18.0 Å². The highest BCUT2D eigenvalue weighted by atomic mass is 19.4. The van der Waals surface area contributed by atoms with Crippen LogP contribution in [0, 0.1) is 6.92 Å². The molecule has 0 atom stereocenters. The van der Waals surface area contributed by atoms with Crippen LogP contribution in [0.4, 0.5) is 13.2 Å². The van der Waals surface area contributed by atoms with Crippen LogP contribution >= 0.6 is 0 Å². The Bertz CT molecular complexity index is 637. The maximum atomic E-state index is 12.0. The van der Waals surface area contributed by atoms with Crippen LogP contribution in [0.5, 0.6) is 11.6 Å². The van der Waals surface area contributed by atoms with Gasteiger partial charge in [-0.2, -0.15) is 13.2 Å². The smallest absolute Gasteiger partial charge is 0.422 e.